The van der Waals surface area contributed by atoms with Crippen molar-refractivity contribution in [3.8, 4) is 5.75 Å². The van der Waals surface area contributed by atoms with Gasteiger partial charge in [0.25, 0.3) is 0 Å². The monoisotopic (exact) mass is 428 g/mol. The molecule has 0 spiro atoms. The van der Waals surface area contributed by atoms with Crippen LogP contribution in [0.15, 0.2) is 48.5 Å². The molecule has 0 aromatic heterocycles. The quantitative estimate of drug-likeness (QED) is 0.649. The summed E-state index contributed by atoms with van der Waals surface area (Å²) in [4.78, 5) is 26.7. The largest absolute Gasteiger partial charge is 0.492 e. The summed E-state index contributed by atoms with van der Waals surface area (Å²) in [5, 5.41) is 3.09. The zero-order valence-corrected chi connectivity index (χ0v) is 18.0. The Hall–Kier alpha value is -2.93. The highest BCUT2D eigenvalue weighted by Gasteiger charge is 2.29. The summed E-state index contributed by atoms with van der Waals surface area (Å²) in [5.41, 5.74) is 1.40. The van der Waals surface area contributed by atoms with E-state index in [1.807, 2.05) is 19.1 Å². The first-order chi connectivity index (χ1) is 15.0. The van der Waals surface area contributed by atoms with Crippen LogP contribution in [0.5, 0.6) is 5.75 Å². The Morgan fingerprint density at radius 3 is 2.52 bits per heavy atom. The van der Waals surface area contributed by atoms with Gasteiger partial charge in [0.2, 0.25) is 5.91 Å². The van der Waals surface area contributed by atoms with Gasteiger partial charge in [-0.25, -0.2) is 9.18 Å². The normalized spacial score (nSPS) is 17.6. The summed E-state index contributed by atoms with van der Waals surface area (Å²) in [6.07, 6.45) is 2.86. The molecule has 0 saturated carbocycles. The average Bonchev–Trinajstić information content (AvgIpc) is 2.80. The molecule has 3 rings (SSSR count). The van der Waals surface area contributed by atoms with Gasteiger partial charge in [0.1, 0.15) is 18.2 Å². The maximum atomic E-state index is 13.0. The Morgan fingerprint density at radius 1 is 1.13 bits per heavy atom. The molecule has 1 amide bonds. The van der Waals surface area contributed by atoms with Crippen LogP contribution in [0, 0.1) is 5.82 Å². The van der Waals surface area contributed by atoms with Gasteiger partial charge in [-0.2, -0.15) is 0 Å². The number of rotatable bonds is 8. The van der Waals surface area contributed by atoms with Crippen LogP contribution in [-0.4, -0.2) is 49.6 Å². The van der Waals surface area contributed by atoms with Crippen molar-refractivity contribution in [2.45, 2.75) is 38.3 Å². The molecule has 2 aromatic rings. The number of carbonyl (C=O) groups excluding carboxylic acids is 2. The van der Waals surface area contributed by atoms with Crippen molar-refractivity contribution in [2.75, 3.05) is 26.8 Å². The summed E-state index contributed by atoms with van der Waals surface area (Å²) in [6.45, 7) is 3.82. The van der Waals surface area contributed by atoms with E-state index in [9.17, 15) is 14.0 Å². The first kappa shape index (κ1) is 22.7. The van der Waals surface area contributed by atoms with Gasteiger partial charge in [-0.15, -0.1) is 0 Å². The van der Waals surface area contributed by atoms with Gasteiger partial charge in [-0.1, -0.05) is 18.6 Å². The van der Waals surface area contributed by atoms with Gasteiger partial charge in [0, 0.05) is 6.54 Å². The van der Waals surface area contributed by atoms with Gasteiger partial charge in [-0.3, -0.25) is 9.69 Å². The van der Waals surface area contributed by atoms with E-state index in [1.165, 1.54) is 19.2 Å². The molecule has 1 aliphatic rings. The summed E-state index contributed by atoms with van der Waals surface area (Å²) in [7, 11) is 1.35. The van der Waals surface area contributed by atoms with E-state index in [4.69, 9.17) is 9.47 Å². The molecule has 2 atom stereocenters. The second-order valence-electron chi connectivity index (χ2n) is 7.69. The van der Waals surface area contributed by atoms with Gasteiger partial charge < -0.3 is 14.8 Å². The van der Waals surface area contributed by atoms with E-state index in [2.05, 4.69) is 10.2 Å². The Balaban J connectivity index is 1.54. The van der Waals surface area contributed by atoms with Crippen LogP contribution in [0.4, 0.5) is 4.39 Å². The number of halogens is 1. The van der Waals surface area contributed by atoms with Crippen molar-refractivity contribution >= 4 is 11.9 Å². The number of likely N-dealkylation sites (tertiary alicyclic amines) is 1. The molecule has 1 saturated heterocycles. The SMILES string of the molecule is COC(=O)c1ccc(C(C)NC(=O)[C@H]2CCCCN2CCOc2ccc(F)cc2)cc1. The number of methoxy groups -OCH3 is 1. The molecule has 1 aliphatic heterocycles. The lowest BCUT2D eigenvalue weighted by Gasteiger charge is -2.35. The Labute approximate surface area is 182 Å². The van der Waals surface area contributed by atoms with Gasteiger partial charge in [0.05, 0.1) is 24.8 Å². The molecule has 166 valence electrons. The number of amides is 1. The van der Waals surface area contributed by atoms with E-state index < -0.39 is 0 Å². The summed E-state index contributed by atoms with van der Waals surface area (Å²) in [5.74, 6) is -0.0763. The van der Waals surface area contributed by atoms with Crippen LogP contribution in [-0.2, 0) is 9.53 Å². The Morgan fingerprint density at radius 2 is 1.84 bits per heavy atom. The molecule has 1 fully saturated rings. The molecule has 1 unspecified atom stereocenters. The third-order valence-corrected chi connectivity index (χ3v) is 5.57. The number of ether oxygens (including phenoxy) is 2. The van der Waals surface area contributed by atoms with Crippen LogP contribution in [0.25, 0.3) is 0 Å². The minimum absolute atomic E-state index is 0.00831. The lowest BCUT2D eigenvalue weighted by Crippen LogP contribution is -2.51. The van der Waals surface area contributed by atoms with E-state index in [0.717, 1.165) is 31.4 Å². The number of piperidine rings is 1. The third kappa shape index (κ3) is 6.28. The maximum absolute atomic E-state index is 13.0. The van der Waals surface area contributed by atoms with E-state index in [0.29, 0.717) is 24.5 Å². The fourth-order valence-corrected chi connectivity index (χ4v) is 3.79. The Bertz CT molecular complexity index is 870. The second-order valence-corrected chi connectivity index (χ2v) is 7.69. The number of hydrogen-bond donors (Lipinski definition) is 1. The van der Waals surface area contributed by atoms with Crippen molar-refractivity contribution in [1.82, 2.24) is 10.2 Å². The highest BCUT2D eigenvalue weighted by Crippen LogP contribution is 2.20. The van der Waals surface area contributed by atoms with E-state index >= 15 is 0 Å². The Kier molecular flexibility index (Phi) is 8.00. The predicted octanol–water partition coefficient (Wildman–Crippen LogP) is 3.72. The van der Waals surface area contributed by atoms with Crippen molar-refractivity contribution < 1.29 is 23.5 Å². The highest BCUT2D eigenvalue weighted by molar-refractivity contribution is 5.89. The lowest BCUT2D eigenvalue weighted by atomic mass is 10.00. The van der Waals surface area contributed by atoms with Crippen molar-refractivity contribution in [2.24, 2.45) is 0 Å². The standard InChI is InChI=1S/C24H29FN2O4/c1-17(18-6-8-19(9-7-18)24(29)30-2)26-23(28)22-5-3-4-14-27(22)15-16-31-21-12-10-20(25)11-13-21/h6-13,17,22H,3-5,14-16H2,1-2H3,(H,26,28)/t17?,22-/m1/s1. The molecule has 0 radical (unpaired) electrons. The van der Waals surface area contributed by atoms with Crippen molar-refractivity contribution in [1.29, 1.82) is 0 Å². The number of hydrogen-bond acceptors (Lipinski definition) is 5. The summed E-state index contributed by atoms with van der Waals surface area (Å²) >= 11 is 0. The van der Waals surface area contributed by atoms with Crippen LogP contribution in [0.3, 0.4) is 0 Å². The van der Waals surface area contributed by atoms with Crippen LogP contribution >= 0.6 is 0 Å². The molecule has 31 heavy (non-hydrogen) atoms. The fraction of sp³-hybridized carbons (Fsp3) is 0.417. The number of nitrogens with zero attached hydrogens (tertiary/aromatic N) is 1. The van der Waals surface area contributed by atoms with Crippen molar-refractivity contribution in [3.63, 3.8) is 0 Å². The molecule has 1 heterocycles. The van der Waals surface area contributed by atoms with Crippen LogP contribution in [0.2, 0.25) is 0 Å². The summed E-state index contributed by atoms with van der Waals surface area (Å²) in [6, 6.07) is 12.6. The lowest BCUT2D eigenvalue weighted by molar-refractivity contribution is -0.128. The van der Waals surface area contributed by atoms with Crippen LogP contribution < -0.4 is 10.1 Å². The van der Waals surface area contributed by atoms with Crippen LogP contribution in [0.1, 0.15) is 48.1 Å². The zero-order valence-electron chi connectivity index (χ0n) is 18.0. The maximum Gasteiger partial charge on any atom is 0.337 e. The molecule has 0 aliphatic carbocycles. The summed E-state index contributed by atoms with van der Waals surface area (Å²) < 4.78 is 23.4. The number of benzene rings is 2. The minimum atomic E-state index is -0.385. The molecular weight excluding hydrogens is 399 g/mol. The number of carbonyl (C=O) groups is 2. The average molecular weight is 429 g/mol. The third-order valence-electron chi connectivity index (χ3n) is 5.57. The van der Waals surface area contributed by atoms with E-state index in [1.54, 1.807) is 24.3 Å². The topological polar surface area (TPSA) is 67.9 Å². The number of nitrogens with one attached hydrogen (secondary N) is 1. The van der Waals surface area contributed by atoms with Gasteiger partial charge >= 0.3 is 5.97 Å². The molecule has 1 N–H and O–H groups in total. The minimum Gasteiger partial charge on any atom is -0.492 e. The fourth-order valence-electron chi connectivity index (χ4n) is 3.79. The van der Waals surface area contributed by atoms with Gasteiger partial charge in [0.15, 0.2) is 0 Å². The zero-order chi connectivity index (χ0) is 22.2. The molecular formula is C24H29FN2O4. The van der Waals surface area contributed by atoms with Crippen molar-refractivity contribution in [3.05, 3.63) is 65.5 Å². The molecule has 6 nitrogen and oxygen atoms in total. The first-order valence-electron chi connectivity index (χ1n) is 10.6. The second kappa shape index (κ2) is 10.9. The molecule has 7 heteroatoms. The van der Waals surface area contributed by atoms with E-state index in [-0.39, 0.29) is 29.8 Å². The molecule has 2 aromatic carbocycles. The molecule has 0 bridgehead atoms. The van der Waals surface area contributed by atoms with Gasteiger partial charge in [-0.05, 0) is 68.3 Å². The first-order valence-corrected chi connectivity index (χ1v) is 10.6. The smallest absolute Gasteiger partial charge is 0.337 e. The highest BCUT2D eigenvalue weighted by atomic mass is 19.1. The number of esters is 1. The predicted molar refractivity (Wildman–Crippen MR) is 115 cm³/mol.